The second-order valence-electron chi connectivity index (χ2n) is 3.90. The summed E-state index contributed by atoms with van der Waals surface area (Å²) in [6.45, 7) is 4.26. The van der Waals surface area contributed by atoms with E-state index >= 15 is 0 Å². The predicted octanol–water partition coefficient (Wildman–Crippen LogP) is 4.20. The van der Waals surface area contributed by atoms with Gasteiger partial charge in [-0.3, -0.25) is 0 Å². The Morgan fingerprint density at radius 1 is 0.750 bits per heavy atom. The maximum atomic E-state index is 8.94. The first-order valence-corrected chi connectivity index (χ1v) is 5.49. The highest BCUT2D eigenvalue weighted by molar-refractivity contribution is 5.27. The van der Waals surface area contributed by atoms with Crippen LogP contribution in [0, 0.1) is 0 Å². The van der Waals surface area contributed by atoms with Gasteiger partial charge < -0.3 is 5.11 Å². The third-order valence-corrected chi connectivity index (χ3v) is 2.23. The van der Waals surface area contributed by atoms with E-state index in [-0.39, 0.29) is 0 Å². The van der Waals surface area contributed by atoms with Crippen molar-refractivity contribution in [1.82, 2.24) is 0 Å². The molecule has 0 spiro atoms. The van der Waals surface area contributed by atoms with Crippen molar-refractivity contribution in [3.8, 4) is 5.75 Å². The van der Waals surface area contributed by atoms with Gasteiger partial charge in [0.05, 0.1) is 0 Å². The van der Waals surface area contributed by atoms with Crippen molar-refractivity contribution in [3.05, 3.63) is 66.2 Å². The summed E-state index contributed by atoms with van der Waals surface area (Å²) in [5.74, 6) is 0.880. The molecule has 2 aromatic rings. The van der Waals surface area contributed by atoms with Crippen LogP contribution in [-0.4, -0.2) is 5.11 Å². The molecule has 0 bridgehead atoms. The van der Waals surface area contributed by atoms with Crippen molar-refractivity contribution in [2.45, 2.75) is 19.8 Å². The molecule has 2 aromatic carbocycles. The number of phenols is 1. The van der Waals surface area contributed by atoms with Gasteiger partial charge in [-0.05, 0) is 23.6 Å². The maximum Gasteiger partial charge on any atom is 0.115 e. The Bertz CT molecular complexity index is 349. The van der Waals surface area contributed by atoms with Crippen molar-refractivity contribution in [2.75, 3.05) is 0 Å². The zero-order chi connectivity index (χ0) is 11.8. The van der Waals surface area contributed by atoms with Crippen LogP contribution in [0.25, 0.3) is 0 Å². The standard InChI is InChI=1S/C9H12O.C6H6/c1-7(2)8-3-5-9(10)6-4-8;1-2-4-6-5-3-1/h3-7,10H,1-2H3;1-6H. The zero-order valence-corrected chi connectivity index (χ0v) is 9.80. The Labute approximate surface area is 97.4 Å². The van der Waals surface area contributed by atoms with Gasteiger partial charge in [0.15, 0.2) is 0 Å². The van der Waals surface area contributed by atoms with Gasteiger partial charge in [-0.2, -0.15) is 0 Å². The summed E-state index contributed by atoms with van der Waals surface area (Å²) in [5.41, 5.74) is 1.26. The molecule has 0 saturated heterocycles. The Hall–Kier alpha value is -1.76. The van der Waals surface area contributed by atoms with Gasteiger partial charge in [0.2, 0.25) is 0 Å². The molecule has 0 unspecified atom stereocenters. The fraction of sp³-hybridized carbons (Fsp3) is 0.200. The van der Waals surface area contributed by atoms with E-state index in [2.05, 4.69) is 13.8 Å². The van der Waals surface area contributed by atoms with Crippen LogP contribution >= 0.6 is 0 Å². The number of hydrogen-bond acceptors (Lipinski definition) is 1. The molecule has 16 heavy (non-hydrogen) atoms. The van der Waals surface area contributed by atoms with Gasteiger partial charge in [0.1, 0.15) is 5.75 Å². The summed E-state index contributed by atoms with van der Waals surface area (Å²) in [6, 6.07) is 19.3. The van der Waals surface area contributed by atoms with Crippen molar-refractivity contribution in [2.24, 2.45) is 0 Å². The van der Waals surface area contributed by atoms with E-state index in [1.165, 1.54) is 5.56 Å². The largest absolute Gasteiger partial charge is 0.508 e. The number of rotatable bonds is 1. The smallest absolute Gasteiger partial charge is 0.115 e. The number of hydrogen-bond donors (Lipinski definition) is 1. The summed E-state index contributed by atoms with van der Waals surface area (Å²) in [7, 11) is 0. The molecule has 0 heterocycles. The van der Waals surface area contributed by atoms with E-state index in [0.717, 1.165) is 0 Å². The molecule has 0 saturated carbocycles. The monoisotopic (exact) mass is 214 g/mol. The lowest BCUT2D eigenvalue weighted by molar-refractivity contribution is 0.475. The van der Waals surface area contributed by atoms with E-state index in [9.17, 15) is 0 Å². The minimum atomic E-state index is 0.337. The van der Waals surface area contributed by atoms with Crippen LogP contribution in [0.4, 0.5) is 0 Å². The van der Waals surface area contributed by atoms with Crippen LogP contribution in [0.3, 0.4) is 0 Å². The fourth-order valence-corrected chi connectivity index (χ4v) is 1.24. The van der Waals surface area contributed by atoms with Crippen molar-refractivity contribution >= 4 is 0 Å². The minimum Gasteiger partial charge on any atom is -0.508 e. The highest BCUT2D eigenvalue weighted by Gasteiger charge is 1.96. The van der Waals surface area contributed by atoms with Crippen molar-refractivity contribution < 1.29 is 5.11 Å². The molecule has 0 fully saturated rings. The van der Waals surface area contributed by atoms with Gasteiger partial charge in [-0.15, -0.1) is 0 Å². The molecule has 84 valence electrons. The molecule has 2 rings (SSSR count). The number of benzene rings is 2. The molecule has 0 aliphatic carbocycles. The predicted molar refractivity (Wildman–Crippen MR) is 68.6 cm³/mol. The molecule has 0 aliphatic heterocycles. The summed E-state index contributed by atoms with van der Waals surface area (Å²) >= 11 is 0. The van der Waals surface area contributed by atoms with Gasteiger partial charge in [0, 0.05) is 0 Å². The third-order valence-electron chi connectivity index (χ3n) is 2.23. The summed E-state index contributed by atoms with van der Waals surface area (Å²) in [6.07, 6.45) is 0. The molecule has 0 atom stereocenters. The minimum absolute atomic E-state index is 0.337. The average Bonchev–Trinajstić information content (AvgIpc) is 2.32. The molecule has 1 heteroatoms. The lowest BCUT2D eigenvalue weighted by atomic mass is 10.0. The Morgan fingerprint density at radius 2 is 1.12 bits per heavy atom. The van der Waals surface area contributed by atoms with Gasteiger partial charge >= 0.3 is 0 Å². The van der Waals surface area contributed by atoms with Crippen LogP contribution in [0.1, 0.15) is 25.3 Å². The fourth-order valence-electron chi connectivity index (χ4n) is 1.24. The van der Waals surface area contributed by atoms with Crippen LogP contribution in [0.15, 0.2) is 60.7 Å². The molecular formula is C15H18O. The molecule has 0 radical (unpaired) electrons. The first kappa shape index (κ1) is 12.3. The highest BCUT2D eigenvalue weighted by Crippen LogP contribution is 2.16. The average molecular weight is 214 g/mol. The quantitative estimate of drug-likeness (QED) is 0.754. The molecule has 0 amide bonds. The first-order chi connectivity index (χ1) is 7.70. The molecule has 1 nitrogen and oxygen atoms in total. The van der Waals surface area contributed by atoms with E-state index in [1.807, 2.05) is 48.5 Å². The lowest BCUT2D eigenvalue weighted by Crippen LogP contribution is -1.84. The normalized spacial score (nSPS) is 9.44. The zero-order valence-electron chi connectivity index (χ0n) is 9.80. The summed E-state index contributed by atoms with van der Waals surface area (Å²) < 4.78 is 0. The molecule has 0 aromatic heterocycles. The maximum absolute atomic E-state index is 8.94. The lowest BCUT2D eigenvalue weighted by Gasteiger charge is -2.03. The van der Waals surface area contributed by atoms with Gasteiger partial charge in [0.25, 0.3) is 0 Å². The van der Waals surface area contributed by atoms with Crippen molar-refractivity contribution in [1.29, 1.82) is 0 Å². The van der Waals surface area contributed by atoms with Crippen LogP contribution in [0.5, 0.6) is 5.75 Å². The van der Waals surface area contributed by atoms with Crippen LogP contribution in [-0.2, 0) is 0 Å². The molecule has 1 N–H and O–H groups in total. The second kappa shape index (κ2) is 6.67. The molecule has 0 aliphatic rings. The van der Waals surface area contributed by atoms with E-state index in [1.54, 1.807) is 12.1 Å². The Morgan fingerprint density at radius 3 is 1.44 bits per heavy atom. The summed E-state index contributed by atoms with van der Waals surface area (Å²) in [4.78, 5) is 0. The van der Waals surface area contributed by atoms with Crippen molar-refractivity contribution in [3.63, 3.8) is 0 Å². The third kappa shape index (κ3) is 4.65. The first-order valence-electron chi connectivity index (χ1n) is 5.49. The van der Waals surface area contributed by atoms with Gasteiger partial charge in [-0.25, -0.2) is 0 Å². The second-order valence-corrected chi connectivity index (χ2v) is 3.90. The van der Waals surface area contributed by atoms with Crippen LogP contribution in [0.2, 0.25) is 0 Å². The van der Waals surface area contributed by atoms with E-state index in [0.29, 0.717) is 11.7 Å². The highest BCUT2D eigenvalue weighted by atomic mass is 16.3. The topological polar surface area (TPSA) is 20.2 Å². The number of aromatic hydroxyl groups is 1. The van der Waals surface area contributed by atoms with Crippen LogP contribution < -0.4 is 0 Å². The summed E-state index contributed by atoms with van der Waals surface area (Å²) in [5, 5.41) is 8.94. The SMILES string of the molecule is CC(C)c1ccc(O)cc1.c1ccccc1. The van der Waals surface area contributed by atoms with E-state index in [4.69, 9.17) is 5.11 Å². The van der Waals surface area contributed by atoms with E-state index < -0.39 is 0 Å². The Balaban J connectivity index is 0.000000181. The Kier molecular flexibility index (Phi) is 5.13. The number of phenolic OH excluding ortho intramolecular Hbond substituents is 1. The van der Waals surface area contributed by atoms with Gasteiger partial charge in [-0.1, -0.05) is 62.4 Å². The molecular weight excluding hydrogens is 196 g/mol.